The summed E-state index contributed by atoms with van der Waals surface area (Å²) in [5, 5.41) is 21.3. The first-order valence-corrected chi connectivity index (χ1v) is 10.8. The van der Waals surface area contributed by atoms with Crippen LogP contribution in [0.5, 0.6) is 5.75 Å². The predicted octanol–water partition coefficient (Wildman–Crippen LogP) is 3.78. The number of aliphatic hydroxyl groups excluding tert-OH is 1. The van der Waals surface area contributed by atoms with Crippen molar-refractivity contribution in [1.29, 1.82) is 0 Å². The average molecular weight is 450 g/mol. The molecular formula is C22H25Cl2N3O3. The number of benzene rings is 1. The molecule has 0 radical (unpaired) electrons. The van der Waals surface area contributed by atoms with Gasteiger partial charge in [-0.15, -0.1) is 0 Å². The van der Waals surface area contributed by atoms with E-state index in [2.05, 4.69) is 9.88 Å². The minimum absolute atomic E-state index is 0.0342. The lowest BCUT2D eigenvalue weighted by molar-refractivity contribution is -0.120. The molecule has 1 saturated heterocycles. The smallest absolute Gasteiger partial charge is 0.144 e. The normalized spacial score (nSPS) is 23.4. The highest BCUT2D eigenvalue weighted by Crippen LogP contribution is 2.47. The lowest BCUT2D eigenvalue weighted by atomic mass is 9.73. The number of carbonyl (C=O) groups excluding carboxylic acids is 1. The van der Waals surface area contributed by atoms with Gasteiger partial charge in [-0.1, -0.05) is 42.3 Å². The largest absolute Gasteiger partial charge is 0.506 e. The van der Waals surface area contributed by atoms with Gasteiger partial charge in [-0.2, -0.15) is 0 Å². The van der Waals surface area contributed by atoms with Crippen molar-refractivity contribution in [2.75, 3.05) is 18.0 Å². The molecule has 2 fully saturated rings. The number of anilines is 1. The lowest BCUT2D eigenvalue weighted by Crippen LogP contribution is -2.48. The first kappa shape index (κ1) is 21.4. The Balaban J connectivity index is 1.62. The fourth-order valence-electron chi connectivity index (χ4n) is 4.87. The minimum Gasteiger partial charge on any atom is -0.506 e. The van der Waals surface area contributed by atoms with Gasteiger partial charge >= 0.3 is 0 Å². The maximum absolute atomic E-state index is 12.2. The van der Waals surface area contributed by atoms with E-state index in [1.54, 1.807) is 24.3 Å². The second-order valence-electron chi connectivity index (χ2n) is 8.39. The molecule has 1 spiro atoms. The number of hydrogen-bond acceptors (Lipinski definition) is 6. The molecule has 2 atom stereocenters. The van der Waals surface area contributed by atoms with Gasteiger partial charge in [0.1, 0.15) is 17.2 Å². The highest BCUT2D eigenvalue weighted by molar-refractivity contribution is 6.43. The standard InChI is InChI=1S/C22H25Cl2N3O3/c1-12-18(30)10-22(21(12)25)5-7-27(8-6-22)16-9-17(29)20(26-15(16)11-28)13-3-2-4-14(23)19(13)24/h2-4,9,12,21,28-29H,5-8,10-11,25H2,1H3/t12-,21+/m1/s1. The summed E-state index contributed by atoms with van der Waals surface area (Å²) in [6.45, 7) is 3.00. The monoisotopic (exact) mass is 449 g/mol. The van der Waals surface area contributed by atoms with Gasteiger partial charge in [-0.05, 0) is 24.3 Å². The van der Waals surface area contributed by atoms with Gasteiger partial charge in [-0.3, -0.25) is 4.79 Å². The second kappa shape index (κ2) is 8.00. The molecule has 2 heterocycles. The van der Waals surface area contributed by atoms with E-state index in [0.29, 0.717) is 46.5 Å². The van der Waals surface area contributed by atoms with E-state index in [0.717, 1.165) is 12.8 Å². The molecule has 0 unspecified atom stereocenters. The van der Waals surface area contributed by atoms with Crippen LogP contribution in [0.25, 0.3) is 11.3 Å². The fraction of sp³-hybridized carbons (Fsp3) is 0.455. The van der Waals surface area contributed by atoms with E-state index in [9.17, 15) is 15.0 Å². The molecule has 8 heteroatoms. The van der Waals surface area contributed by atoms with Crippen LogP contribution in [-0.4, -0.2) is 40.1 Å². The summed E-state index contributed by atoms with van der Waals surface area (Å²) in [6, 6.07) is 6.61. The maximum atomic E-state index is 12.2. The van der Waals surface area contributed by atoms with Gasteiger partial charge < -0.3 is 20.8 Å². The van der Waals surface area contributed by atoms with Crippen molar-refractivity contribution in [2.24, 2.45) is 17.1 Å². The third-order valence-corrected chi connectivity index (χ3v) is 7.61. The molecule has 2 aliphatic rings. The van der Waals surface area contributed by atoms with Crippen LogP contribution < -0.4 is 10.6 Å². The third kappa shape index (κ3) is 3.46. The van der Waals surface area contributed by atoms with Gasteiger partial charge in [0, 0.05) is 43.1 Å². The molecule has 1 saturated carbocycles. The summed E-state index contributed by atoms with van der Waals surface area (Å²) in [7, 11) is 0. The topological polar surface area (TPSA) is 99.7 Å². The molecular weight excluding hydrogens is 425 g/mol. The summed E-state index contributed by atoms with van der Waals surface area (Å²) < 4.78 is 0. The van der Waals surface area contributed by atoms with Crippen LogP contribution in [0.15, 0.2) is 24.3 Å². The molecule has 4 rings (SSSR count). The number of nitrogens with two attached hydrogens (primary N) is 1. The zero-order valence-corrected chi connectivity index (χ0v) is 18.2. The first-order chi connectivity index (χ1) is 14.3. The van der Waals surface area contributed by atoms with Crippen molar-refractivity contribution in [3.8, 4) is 17.0 Å². The van der Waals surface area contributed by atoms with Crippen LogP contribution in [0.3, 0.4) is 0 Å². The molecule has 4 N–H and O–H groups in total. The number of ketones is 1. The Hall–Kier alpha value is -1.86. The Kier molecular flexibility index (Phi) is 5.70. The molecule has 6 nitrogen and oxygen atoms in total. The maximum Gasteiger partial charge on any atom is 0.144 e. The molecule has 160 valence electrons. The van der Waals surface area contributed by atoms with E-state index < -0.39 is 0 Å². The second-order valence-corrected chi connectivity index (χ2v) is 9.17. The quantitative estimate of drug-likeness (QED) is 0.659. The van der Waals surface area contributed by atoms with Crippen LogP contribution in [0.4, 0.5) is 5.69 Å². The average Bonchev–Trinajstić information content (AvgIpc) is 2.94. The summed E-state index contributed by atoms with van der Waals surface area (Å²) in [5.74, 6) is 0.110. The third-order valence-electron chi connectivity index (χ3n) is 6.79. The van der Waals surface area contributed by atoms with E-state index in [1.807, 2.05) is 6.92 Å². The van der Waals surface area contributed by atoms with E-state index >= 15 is 0 Å². The number of rotatable bonds is 3. The number of aromatic hydroxyl groups is 1. The van der Waals surface area contributed by atoms with E-state index in [-0.39, 0.29) is 41.2 Å². The first-order valence-electron chi connectivity index (χ1n) is 10.1. The number of piperidine rings is 1. The number of nitrogens with zero attached hydrogens (tertiary/aromatic N) is 2. The van der Waals surface area contributed by atoms with Crippen molar-refractivity contribution < 1.29 is 15.0 Å². The van der Waals surface area contributed by atoms with Gasteiger partial charge in [0.2, 0.25) is 0 Å². The fourth-order valence-corrected chi connectivity index (χ4v) is 5.26. The number of hydrogen-bond donors (Lipinski definition) is 3. The van der Waals surface area contributed by atoms with Gasteiger partial charge in [-0.25, -0.2) is 4.98 Å². The highest BCUT2D eigenvalue weighted by atomic mass is 35.5. The van der Waals surface area contributed by atoms with Crippen LogP contribution in [0, 0.1) is 11.3 Å². The van der Waals surface area contributed by atoms with Crippen molar-refractivity contribution in [2.45, 2.75) is 38.8 Å². The number of aromatic nitrogens is 1. The van der Waals surface area contributed by atoms with Crippen LogP contribution in [0.1, 0.15) is 31.9 Å². The summed E-state index contributed by atoms with van der Waals surface area (Å²) in [4.78, 5) is 18.8. The predicted molar refractivity (Wildman–Crippen MR) is 118 cm³/mol. The zero-order valence-electron chi connectivity index (χ0n) is 16.7. The number of pyridine rings is 1. The summed E-state index contributed by atoms with van der Waals surface area (Å²) in [5.41, 5.74) is 8.16. The highest BCUT2D eigenvalue weighted by Gasteiger charge is 2.50. The van der Waals surface area contributed by atoms with Crippen molar-refractivity contribution >= 4 is 34.7 Å². The minimum atomic E-state index is -0.280. The van der Waals surface area contributed by atoms with E-state index in [4.69, 9.17) is 28.9 Å². The van der Waals surface area contributed by atoms with Crippen molar-refractivity contribution in [1.82, 2.24) is 4.98 Å². The molecule has 1 aromatic carbocycles. The van der Waals surface area contributed by atoms with Crippen molar-refractivity contribution in [3.63, 3.8) is 0 Å². The molecule has 0 amide bonds. The lowest BCUT2D eigenvalue weighted by Gasteiger charge is -2.43. The van der Waals surface area contributed by atoms with Crippen LogP contribution in [0.2, 0.25) is 10.0 Å². The Morgan fingerprint density at radius 2 is 2.00 bits per heavy atom. The number of carbonyl (C=O) groups is 1. The number of aliphatic hydroxyl groups is 1. The van der Waals surface area contributed by atoms with E-state index in [1.165, 1.54) is 0 Å². The van der Waals surface area contributed by atoms with Gasteiger partial charge in [0.05, 0.1) is 28.0 Å². The Morgan fingerprint density at radius 3 is 2.60 bits per heavy atom. The molecule has 2 aromatic rings. The molecule has 30 heavy (non-hydrogen) atoms. The van der Waals surface area contributed by atoms with Crippen molar-refractivity contribution in [3.05, 3.63) is 40.0 Å². The Bertz CT molecular complexity index is 990. The Labute approximate surface area is 185 Å². The van der Waals surface area contributed by atoms with Crippen LogP contribution >= 0.6 is 23.2 Å². The number of Topliss-reactive ketones (excluding diaryl/α,β-unsaturated/α-hetero) is 1. The molecule has 1 aliphatic heterocycles. The SMILES string of the molecule is C[C@@H]1C(=O)CC2(CCN(c3cc(O)c(-c4cccc(Cl)c4Cl)nc3CO)CC2)[C@H]1N. The zero-order chi connectivity index (χ0) is 21.6. The summed E-state index contributed by atoms with van der Waals surface area (Å²) in [6.07, 6.45) is 2.11. The summed E-state index contributed by atoms with van der Waals surface area (Å²) >= 11 is 12.4. The Morgan fingerprint density at radius 1 is 1.30 bits per heavy atom. The van der Waals surface area contributed by atoms with Crippen LogP contribution in [-0.2, 0) is 11.4 Å². The molecule has 1 aromatic heterocycles. The molecule has 1 aliphatic carbocycles. The van der Waals surface area contributed by atoms with Gasteiger partial charge in [0.15, 0.2) is 0 Å². The molecule has 0 bridgehead atoms. The van der Waals surface area contributed by atoms with Gasteiger partial charge in [0.25, 0.3) is 0 Å². The number of halogens is 2.